The highest BCUT2D eigenvalue weighted by molar-refractivity contribution is 7.90. The van der Waals surface area contributed by atoms with E-state index in [0.29, 0.717) is 0 Å². The number of hydrogen-bond donors (Lipinski definition) is 1. The molecular weight excluding hydrogens is 599 g/mol. The highest BCUT2D eigenvalue weighted by Gasteiger charge is 2.43. The van der Waals surface area contributed by atoms with Crippen LogP contribution in [0.25, 0.3) is 0 Å². The van der Waals surface area contributed by atoms with Crippen LogP contribution in [0, 0.1) is 22.7 Å². The van der Waals surface area contributed by atoms with E-state index in [0.717, 1.165) is 40.1 Å². The van der Waals surface area contributed by atoms with E-state index < -0.39 is 52.1 Å². The SMILES string of the molecule is CC(=O)C1=C(C)N(c2cccc(C(F)(F)F)c2)C(=O)N(CC(=O)NS(=O)(=O)c2ccc(C#N)cc2)[C@@H]1c1ccc(C#N)cc1. The first-order chi connectivity index (χ1) is 20.7. The molecule has 0 fully saturated rings. The number of nitriles is 2. The van der Waals surface area contributed by atoms with Crippen LogP contribution in [-0.4, -0.2) is 37.6 Å². The second-order valence-corrected chi connectivity index (χ2v) is 11.3. The van der Waals surface area contributed by atoms with Gasteiger partial charge in [-0.1, -0.05) is 18.2 Å². The van der Waals surface area contributed by atoms with Crippen molar-refractivity contribution in [3.8, 4) is 12.1 Å². The molecule has 1 atom stereocenters. The summed E-state index contributed by atoms with van der Waals surface area (Å²) in [4.78, 5) is 41.6. The first-order valence-corrected chi connectivity index (χ1v) is 14.2. The Labute approximate surface area is 250 Å². The van der Waals surface area contributed by atoms with Crippen molar-refractivity contribution in [1.29, 1.82) is 10.5 Å². The van der Waals surface area contributed by atoms with Crippen LogP contribution in [0.4, 0.5) is 23.7 Å². The number of urea groups is 1. The highest BCUT2D eigenvalue weighted by atomic mass is 32.2. The minimum atomic E-state index is -4.75. The van der Waals surface area contributed by atoms with E-state index in [1.165, 1.54) is 56.3 Å². The Morgan fingerprint density at radius 2 is 1.52 bits per heavy atom. The van der Waals surface area contributed by atoms with Gasteiger partial charge < -0.3 is 4.90 Å². The lowest BCUT2D eigenvalue weighted by molar-refractivity contribution is -0.137. The molecule has 0 radical (unpaired) electrons. The third-order valence-electron chi connectivity index (χ3n) is 6.77. The van der Waals surface area contributed by atoms with Crippen LogP contribution in [0.3, 0.4) is 0 Å². The fourth-order valence-electron chi connectivity index (χ4n) is 4.78. The van der Waals surface area contributed by atoms with Gasteiger partial charge in [-0.05, 0) is 74.0 Å². The van der Waals surface area contributed by atoms with Gasteiger partial charge in [0.05, 0.1) is 45.5 Å². The predicted octanol–water partition coefficient (Wildman–Crippen LogP) is 4.80. The molecule has 1 heterocycles. The number of sulfonamides is 1. The van der Waals surface area contributed by atoms with Gasteiger partial charge in [0.25, 0.3) is 15.9 Å². The number of anilines is 1. The van der Waals surface area contributed by atoms with Crippen molar-refractivity contribution in [3.63, 3.8) is 0 Å². The first-order valence-electron chi connectivity index (χ1n) is 12.7. The molecule has 3 aromatic carbocycles. The zero-order valence-electron chi connectivity index (χ0n) is 23.1. The number of carbonyl (C=O) groups excluding carboxylic acids is 3. The Hall–Kier alpha value is -5.47. The summed E-state index contributed by atoms with van der Waals surface area (Å²) in [5.41, 5.74) is -0.639. The number of nitrogens with zero attached hydrogens (tertiary/aromatic N) is 4. The second kappa shape index (κ2) is 12.0. The average molecular weight is 622 g/mol. The Morgan fingerprint density at radius 1 is 0.955 bits per heavy atom. The molecule has 3 amide bonds. The number of amides is 3. The van der Waals surface area contributed by atoms with Gasteiger partial charge in [0.1, 0.15) is 6.54 Å². The quantitative estimate of drug-likeness (QED) is 0.398. The van der Waals surface area contributed by atoms with E-state index >= 15 is 0 Å². The van der Waals surface area contributed by atoms with Crippen LogP contribution in [0.2, 0.25) is 0 Å². The lowest BCUT2D eigenvalue weighted by Crippen LogP contribution is -2.53. The second-order valence-electron chi connectivity index (χ2n) is 9.65. The number of alkyl halides is 3. The largest absolute Gasteiger partial charge is 0.416 e. The number of ketones is 1. The lowest BCUT2D eigenvalue weighted by Gasteiger charge is -2.42. The molecule has 4 rings (SSSR count). The van der Waals surface area contributed by atoms with Gasteiger partial charge in [-0.15, -0.1) is 0 Å². The molecule has 0 aliphatic carbocycles. The van der Waals surface area contributed by atoms with E-state index in [-0.39, 0.29) is 38.5 Å². The number of halogens is 3. The van der Waals surface area contributed by atoms with E-state index in [9.17, 15) is 41.2 Å². The highest BCUT2D eigenvalue weighted by Crippen LogP contribution is 2.41. The van der Waals surface area contributed by atoms with Crippen LogP contribution in [0.5, 0.6) is 0 Å². The monoisotopic (exact) mass is 621 g/mol. The molecule has 3 aromatic rings. The molecule has 44 heavy (non-hydrogen) atoms. The van der Waals surface area contributed by atoms with E-state index in [1.54, 1.807) is 0 Å². The summed E-state index contributed by atoms with van der Waals surface area (Å²) >= 11 is 0. The molecule has 10 nitrogen and oxygen atoms in total. The summed E-state index contributed by atoms with van der Waals surface area (Å²) in [5.74, 6) is -1.76. The van der Waals surface area contributed by atoms with Crippen molar-refractivity contribution >= 4 is 33.4 Å². The van der Waals surface area contributed by atoms with Gasteiger partial charge in [-0.3, -0.25) is 14.5 Å². The molecule has 1 N–H and O–H groups in total. The third-order valence-corrected chi connectivity index (χ3v) is 8.16. The van der Waals surface area contributed by atoms with Crippen molar-refractivity contribution in [1.82, 2.24) is 9.62 Å². The Bertz CT molecular complexity index is 1870. The summed E-state index contributed by atoms with van der Waals surface area (Å²) in [6.07, 6.45) is -4.75. The average Bonchev–Trinajstić information content (AvgIpc) is 2.97. The molecular formula is C30H22F3N5O5S. The normalized spacial score (nSPS) is 15.4. The summed E-state index contributed by atoms with van der Waals surface area (Å²) in [6, 6.07) is 15.7. The van der Waals surface area contributed by atoms with Crippen LogP contribution in [-0.2, 0) is 25.8 Å². The standard InChI is InChI=1S/C30H22F3N5O5S/c1-18-27(19(2)39)28(22-10-6-20(15-34)7-11-22)37(29(41)38(18)24-5-3-4-23(14-24)30(31,32)33)17-26(40)36-44(42,43)25-12-8-21(16-35)9-13-25/h3-14,28H,17H2,1-2H3,(H,36,40)/t28-/m1/s1. The Morgan fingerprint density at radius 3 is 2.05 bits per heavy atom. The third kappa shape index (κ3) is 6.30. The number of hydrogen-bond acceptors (Lipinski definition) is 7. The number of rotatable bonds is 7. The maximum atomic E-state index is 14.0. The van der Waals surface area contributed by atoms with Crippen molar-refractivity contribution in [2.75, 3.05) is 11.4 Å². The smallest absolute Gasteiger partial charge is 0.303 e. The molecule has 0 unspecified atom stereocenters. The molecule has 224 valence electrons. The lowest BCUT2D eigenvalue weighted by atomic mass is 9.90. The zero-order chi connectivity index (χ0) is 32.4. The predicted molar refractivity (Wildman–Crippen MR) is 150 cm³/mol. The fraction of sp³-hybridized carbons (Fsp3) is 0.167. The topological polar surface area (TPSA) is 151 Å². The van der Waals surface area contributed by atoms with Crippen molar-refractivity contribution < 1.29 is 36.0 Å². The van der Waals surface area contributed by atoms with Crippen molar-refractivity contribution in [2.24, 2.45) is 0 Å². The molecule has 1 aliphatic heterocycles. The molecule has 0 saturated heterocycles. The summed E-state index contributed by atoms with van der Waals surface area (Å²) < 4.78 is 68.3. The maximum absolute atomic E-state index is 14.0. The van der Waals surface area contributed by atoms with Crippen molar-refractivity contribution in [3.05, 3.63) is 106 Å². The Kier molecular flexibility index (Phi) is 8.60. The van der Waals surface area contributed by atoms with E-state index in [1.807, 2.05) is 16.9 Å². The molecule has 0 aromatic heterocycles. The van der Waals surface area contributed by atoms with Gasteiger partial charge in [0.2, 0.25) is 0 Å². The van der Waals surface area contributed by atoms with Gasteiger partial charge in [0, 0.05) is 11.3 Å². The minimum Gasteiger partial charge on any atom is -0.303 e. The van der Waals surface area contributed by atoms with Crippen LogP contribution >= 0.6 is 0 Å². The van der Waals surface area contributed by atoms with Crippen LogP contribution in [0.1, 0.15) is 42.1 Å². The molecule has 0 spiro atoms. The fourth-order valence-corrected chi connectivity index (χ4v) is 5.76. The number of carbonyl (C=O) groups is 3. The van der Waals surface area contributed by atoms with E-state index in [2.05, 4.69) is 0 Å². The van der Waals surface area contributed by atoms with Gasteiger partial charge in [-0.2, -0.15) is 23.7 Å². The molecule has 14 heteroatoms. The Balaban J connectivity index is 1.82. The van der Waals surface area contributed by atoms with Crippen molar-refractivity contribution in [2.45, 2.75) is 31.0 Å². The molecule has 1 aliphatic rings. The zero-order valence-corrected chi connectivity index (χ0v) is 23.9. The number of Topliss-reactive ketones (excluding diaryl/α,β-unsaturated/α-hetero) is 1. The minimum absolute atomic E-state index is 0.00181. The number of benzene rings is 3. The van der Waals surface area contributed by atoms with Gasteiger partial charge in [-0.25, -0.2) is 17.9 Å². The number of allylic oxidation sites excluding steroid dienone is 1. The van der Waals surface area contributed by atoms with Crippen LogP contribution < -0.4 is 9.62 Å². The summed E-state index contributed by atoms with van der Waals surface area (Å²) in [5, 5.41) is 18.2. The van der Waals surface area contributed by atoms with E-state index in [4.69, 9.17) is 5.26 Å². The first kappa shape index (κ1) is 31.5. The summed E-state index contributed by atoms with van der Waals surface area (Å²) in [6.45, 7) is 1.63. The maximum Gasteiger partial charge on any atom is 0.416 e. The summed E-state index contributed by atoms with van der Waals surface area (Å²) in [7, 11) is -4.47. The van der Waals surface area contributed by atoms with Gasteiger partial charge in [0.15, 0.2) is 5.78 Å². The molecule has 0 bridgehead atoms. The molecule has 0 saturated carbocycles. The number of nitrogens with one attached hydrogen (secondary N) is 1. The van der Waals surface area contributed by atoms with Gasteiger partial charge >= 0.3 is 12.2 Å². The van der Waals surface area contributed by atoms with Crippen LogP contribution in [0.15, 0.2) is 89.0 Å².